The van der Waals surface area contributed by atoms with Crippen molar-refractivity contribution in [1.29, 1.82) is 0 Å². The number of phosphoric ester groups is 2. The Morgan fingerprint density at radius 1 is 0.917 bits per heavy atom. The standard InChI is InChI=1S/C15H24N2O17P2/c18-3-5-8(20)10(22)12(24)14(32-5)33-36(28,29)34-35(26,27)30-4-6-9(21)11(23)13(31-6)17-2-1-7(19)16-15(17)25/h1-2,5-6,8-14,18,20-24H,3-4H2,(H,26,27)(H,28,29)(H,16,19,25)/t5-,6-,8-,9-,10+,11-,12-,13+,14+/m0/s1. The monoisotopic (exact) mass is 566 g/mol. The highest BCUT2D eigenvalue weighted by atomic mass is 31.3. The number of aliphatic hydroxyl groups excluding tert-OH is 6. The van der Waals surface area contributed by atoms with E-state index in [0.29, 0.717) is 0 Å². The second-order valence-electron chi connectivity index (χ2n) is 7.68. The lowest BCUT2D eigenvalue weighted by atomic mass is 10.00. The highest BCUT2D eigenvalue weighted by molar-refractivity contribution is 7.61. The normalized spacial score (nSPS) is 38.4. The number of aromatic amines is 1. The van der Waals surface area contributed by atoms with Crippen molar-refractivity contribution in [2.45, 2.75) is 55.2 Å². The minimum Gasteiger partial charge on any atom is -0.394 e. The van der Waals surface area contributed by atoms with Gasteiger partial charge in [-0.15, -0.1) is 0 Å². The number of ether oxygens (including phenoxy) is 2. The molecule has 206 valence electrons. The molecule has 21 heteroatoms. The summed E-state index contributed by atoms with van der Waals surface area (Å²) in [6.07, 6.45) is -15.4. The summed E-state index contributed by atoms with van der Waals surface area (Å²) in [4.78, 5) is 44.5. The molecule has 0 aliphatic carbocycles. The quantitative estimate of drug-likeness (QED) is 0.127. The minimum atomic E-state index is -5.59. The summed E-state index contributed by atoms with van der Waals surface area (Å²) in [6, 6.07) is 0.928. The first kappa shape index (κ1) is 29.2. The van der Waals surface area contributed by atoms with Gasteiger partial charge in [0, 0.05) is 12.3 Å². The maximum atomic E-state index is 12.2. The molecular formula is C15H24N2O17P2. The van der Waals surface area contributed by atoms with Crippen LogP contribution in [-0.2, 0) is 32.0 Å². The van der Waals surface area contributed by atoms with Crippen LogP contribution in [-0.4, -0.2) is 112 Å². The summed E-state index contributed by atoms with van der Waals surface area (Å²) in [6.45, 7) is -1.93. The fourth-order valence-corrected chi connectivity index (χ4v) is 5.51. The number of hydrogen-bond acceptors (Lipinski definition) is 15. The van der Waals surface area contributed by atoms with E-state index in [0.717, 1.165) is 16.8 Å². The Balaban J connectivity index is 1.61. The Morgan fingerprint density at radius 3 is 2.17 bits per heavy atom. The fourth-order valence-electron chi connectivity index (χ4n) is 3.35. The zero-order chi connectivity index (χ0) is 27.0. The third-order valence-electron chi connectivity index (χ3n) is 5.16. The lowest BCUT2D eigenvalue weighted by Crippen LogP contribution is -2.58. The Hall–Kier alpha value is -1.38. The van der Waals surface area contributed by atoms with E-state index < -0.39 is 95.4 Å². The van der Waals surface area contributed by atoms with E-state index >= 15 is 0 Å². The summed E-state index contributed by atoms with van der Waals surface area (Å²) >= 11 is 0. The lowest BCUT2D eigenvalue weighted by Gasteiger charge is -2.39. The van der Waals surface area contributed by atoms with Crippen molar-refractivity contribution < 1.29 is 72.4 Å². The fraction of sp³-hybridized carbons (Fsp3) is 0.733. The van der Waals surface area contributed by atoms with E-state index in [4.69, 9.17) is 14.6 Å². The van der Waals surface area contributed by atoms with Crippen molar-refractivity contribution in [2.75, 3.05) is 13.2 Å². The van der Waals surface area contributed by atoms with Gasteiger partial charge in [-0.25, -0.2) is 13.9 Å². The van der Waals surface area contributed by atoms with Crippen molar-refractivity contribution in [3.05, 3.63) is 33.1 Å². The first-order valence-corrected chi connectivity index (χ1v) is 13.0. The van der Waals surface area contributed by atoms with Crippen LogP contribution in [0.4, 0.5) is 0 Å². The summed E-state index contributed by atoms with van der Waals surface area (Å²) in [7, 11) is -11.1. The largest absolute Gasteiger partial charge is 0.483 e. The van der Waals surface area contributed by atoms with Crippen LogP contribution in [0.15, 0.2) is 21.9 Å². The van der Waals surface area contributed by atoms with Crippen molar-refractivity contribution >= 4 is 15.6 Å². The number of rotatable bonds is 9. The van der Waals surface area contributed by atoms with Crippen LogP contribution < -0.4 is 11.2 Å². The topological polar surface area (TPSA) is 297 Å². The number of hydrogen-bond donors (Lipinski definition) is 9. The second kappa shape index (κ2) is 11.2. The van der Waals surface area contributed by atoms with E-state index in [1.807, 2.05) is 4.98 Å². The molecule has 9 N–H and O–H groups in total. The molecule has 2 aliphatic rings. The van der Waals surface area contributed by atoms with E-state index in [9.17, 15) is 54.0 Å². The lowest BCUT2D eigenvalue weighted by molar-refractivity contribution is -0.280. The maximum absolute atomic E-state index is 12.2. The summed E-state index contributed by atoms with van der Waals surface area (Å²) in [5.74, 6) is 0. The van der Waals surface area contributed by atoms with Gasteiger partial charge in [0.2, 0.25) is 0 Å². The molecule has 2 fully saturated rings. The smallest absolute Gasteiger partial charge is 0.394 e. The number of aromatic nitrogens is 2. The molecule has 0 bridgehead atoms. The van der Waals surface area contributed by atoms with Gasteiger partial charge in [-0.1, -0.05) is 0 Å². The molecule has 2 aliphatic heterocycles. The SMILES string of the molecule is O=c1ccn([C@@H]2O[C@@H](COP(=O)(O)OP(=O)(O)O[C@H]3O[C@@H](CO)[C@H](O)[C@@H](O)[C@@H]3O)[C@H](O)[C@@H]2O)c(=O)[nH]1. The van der Waals surface area contributed by atoms with E-state index in [1.54, 1.807) is 0 Å². The van der Waals surface area contributed by atoms with E-state index in [2.05, 4.69) is 13.4 Å². The first-order valence-electron chi connectivity index (χ1n) is 9.99. The molecular weight excluding hydrogens is 542 g/mol. The average Bonchev–Trinajstić information content (AvgIpc) is 3.06. The molecule has 36 heavy (non-hydrogen) atoms. The predicted molar refractivity (Wildman–Crippen MR) is 109 cm³/mol. The maximum Gasteiger partial charge on any atom is 0.483 e. The molecule has 0 spiro atoms. The van der Waals surface area contributed by atoms with Crippen LogP contribution in [0.3, 0.4) is 0 Å². The van der Waals surface area contributed by atoms with Crippen LogP contribution in [0.2, 0.25) is 0 Å². The number of nitrogens with one attached hydrogen (secondary N) is 1. The highest BCUT2D eigenvalue weighted by Crippen LogP contribution is 2.61. The van der Waals surface area contributed by atoms with Gasteiger partial charge >= 0.3 is 21.3 Å². The van der Waals surface area contributed by atoms with Gasteiger partial charge in [-0.2, -0.15) is 4.31 Å². The van der Waals surface area contributed by atoms with Gasteiger partial charge in [0.25, 0.3) is 5.56 Å². The Labute approximate surface area is 199 Å². The van der Waals surface area contributed by atoms with Crippen LogP contribution in [0.1, 0.15) is 6.23 Å². The average molecular weight is 566 g/mol. The van der Waals surface area contributed by atoms with Gasteiger partial charge in [0.05, 0.1) is 13.2 Å². The van der Waals surface area contributed by atoms with Crippen molar-refractivity contribution in [2.24, 2.45) is 0 Å². The van der Waals surface area contributed by atoms with Gasteiger partial charge in [-0.05, 0) is 0 Å². The molecule has 3 rings (SSSR count). The molecule has 2 saturated heterocycles. The van der Waals surface area contributed by atoms with Crippen LogP contribution in [0, 0.1) is 0 Å². The van der Waals surface area contributed by atoms with Gasteiger partial charge < -0.3 is 49.9 Å². The molecule has 19 nitrogen and oxygen atoms in total. The highest BCUT2D eigenvalue weighted by Gasteiger charge is 2.49. The number of phosphoric acid groups is 2. The molecule has 2 unspecified atom stereocenters. The molecule has 0 amide bonds. The van der Waals surface area contributed by atoms with Crippen LogP contribution in [0.25, 0.3) is 0 Å². The Kier molecular flexibility index (Phi) is 9.05. The first-order chi connectivity index (χ1) is 16.7. The van der Waals surface area contributed by atoms with Crippen molar-refractivity contribution in [3.63, 3.8) is 0 Å². The predicted octanol–water partition coefficient (Wildman–Crippen LogP) is -4.79. The molecule has 11 atom stereocenters. The Morgan fingerprint density at radius 2 is 1.56 bits per heavy atom. The second-order valence-corrected chi connectivity index (χ2v) is 10.7. The molecule has 3 heterocycles. The molecule has 1 aromatic rings. The van der Waals surface area contributed by atoms with Gasteiger partial charge in [0.15, 0.2) is 12.5 Å². The van der Waals surface area contributed by atoms with Crippen molar-refractivity contribution in [3.8, 4) is 0 Å². The zero-order valence-electron chi connectivity index (χ0n) is 17.9. The molecule has 0 aromatic carbocycles. The summed E-state index contributed by atoms with van der Waals surface area (Å²) in [5.41, 5.74) is -1.75. The Bertz CT molecular complexity index is 1120. The van der Waals surface area contributed by atoms with Gasteiger partial charge in [-0.3, -0.25) is 23.4 Å². The van der Waals surface area contributed by atoms with Crippen LogP contribution >= 0.6 is 15.6 Å². The van der Waals surface area contributed by atoms with Crippen molar-refractivity contribution in [1.82, 2.24) is 9.55 Å². The third-order valence-corrected chi connectivity index (χ3v) is 7.76. The number of nitrogens with zero attached hydrogens (tertiary/aromatic N) is 1. The molecule has 0 saturated carbocycles. The number of H-pyrrole nitrogens is 1. The molecule has 1 aromatic heterocycles. The van der Waals surface area contributed by atoms with E-state index in [-0.39, 0.29) is 0 Å². The zero-order valence-corrected chi connectivity index (χ0v) is 19.6. The van der Waals surface area contributed by atoms with Gasteiger partial charge in [0.1, 0.15) is 42.7 Å². The minimum absolute atomic E-state index is 0.723. The number of aliphatic hydroxyl groups is 6. The van der Waals surface area contributed by atoms with Crippen LogP contribution in [0.5, 0.6) is 0 Å². The van der Waals surface area contributed by atoms with E-state index in [1.165, 1.54) is 0 Å². The third kappa shape index (κ3) is 6.54. The molecule has 0 radical (unpaired) electrons. The summed E-state index contributed by atoms with van der Waals surface area (Å²) < 4.78 is 48.1. The summed E-state index contributed by atoms with van der Waals surface area (Å²) in [5, 5.41) is 58.6.